The molecule has 0 heterocycles. The number of hydrogen-bond acceptors (Lipinski definition) is 8. The van der Waals surface area contributed by atoms with Crippen LogP contribution >= 0.6 is 0 Å². The Morgan fingerprint density at radius 1 is 0.317 bits per heavy atom. The molecule has 8 aromatic rings. The molecule has 0 atom stereocenters. The van der Waals surface area contributed by atoms with Crippen LogP contribution in [0.4, 0.5) is 0 Å². The third-order valence-corrected chi connectivity index (χ3v) is 27.3. The second-order valence-corrected chi connectivity index (χ2v) is 35.1. The van der Waals surface area contributed by atoms with E-state index < -0.39 is 0 Å². The Hall–Kier alpha value is -7.66. The summed E-state index contributed by atoms with van der Waals surface area (Å²) in [5, 5.41) is 0. The van der Waals surface area contributed by atoms with Gasteiger partial charge in [-0.2, -0.15) is 0 Å². The molecule has 0 unspecified atom stereocenters. The van der Waals surface area contributed by atoms with Gasteiger partial charge in [0.15, 0.2) is 29.4 Å². The molecule has 10 fully saturated rings. The van der Waals surface area contributed by atoms with Gasteiger partial charge in [-0.05, 0) is 278 Å². The maximum atomic E-state index is 13.3. The summed E-state index contributed by atoms with van der Waals surface area (Å²) in [7, 11) is -0.0375. The Morgan fingerprint density at radius 3 is 0.851 bits per heavy atom. The normalized spacial score (nSPS) is 23.8. The van der Waals surface area contributed by atoms with Crippen molar-refractivity contribution in [1.82, 2.24) is 0 Å². The van der Waals surface area contributed by atoms with Crippen LogP contribution in [0.15, 0.2) is 242 Å². The highest BCUT2D eigenvalue weighted by molar-refractivity contribution is 7.97. The first-order valence-corrected chi connectivity index (χ1v) is 40.6. The maximum Gasteiger partial charge on any atom is 0.338 e. The summed E-state index contributed by atoms with van der Waals surface area (Å²) in [6.07, 6.45) is 28.8. The van der Waals surface area contributed by atoms with E-state index >= 15 is 0 Å². The van der Waals surface area contributed by atoms with Gasteiger partial charge in [0.1, 0.15) is 11.2 Å². The first-order chi connectivity index (χ1) is 49.2. The molecular formula is C91H104O8S2+2. The van der Waals surface area contributed by atoms with E-state index in [1.54, 1.807) is 24.3 Å². The lowest BCUT2D eigenvalue weighted by molar-refractivity contribution is -0.131. The first kappa shape index (κ1) is 71.7. The van der Waals surface area contributed by atoms with Crippen LogP contribution in [-0.2, 0) is 40.7 Å². The zero-order valence-electron chi connectivity index (χ0n) is 59.8. The molecular weight excluding hydrogens is 1290 g/mol. The minimum absolute atomic E-state index is 0.0146. The third kappa shape index (κ3) is 19.2. The Kier molecular flexibility index (Phi) is 24.2. The van der Waals surface area contributed by atoms with Gasteiger partial charge in [-0.1, -0.05) is 173 Å². The Balaban J connectivity index is 0.000000124. The van der Waals surface area contributed by atoms with Crippen LogP contribution in [0, 0.1) is 68.1 Å². The van der Waals surface area contributed by atoms with Crippen molar-refractivity contribution >= 4 is 45.7 Å². The predicted molar refractivity (Wildman–Crippen MR) is 406 cm³/mol. The van der Waals surface area contributed by atoms with Crippen LogP contribution < -0.4 is 0 Å². The second kappa shape index (κ2) is 34.1. The number of carbonyl (C=O) groups is 4. The minimum atomic E-state index is -0.347. The molecule has 10 saturated carbocycles. The molecule has 101 heavy (non-hydrogen) atoms. The molecule has 0 spiro atoms. The molecule has 0 aliphatic heterocycles. The van der Waals surface area contributed by atoms with Crippen LogP contribution in [-0.4, -0.2) is 48.3 Å². The van der Waals surface area contributed by atoms with E-state index in [9.17, 15) is 19.2 Å². The number of esters is 4. The van der Waals surface area contributed by atoms with Gasteiger partial charge in [-0.25, -0.2) is 19.2 Å². The van der Waals surface area contributed by atoms with Crippen molar-refractivity contribution in [2.24, 2.45) is 47.3 Å². The van der Waals surface area contributed by atoms with Crippen molar-refractivity contribution in [1.29, 1.82) is 0 Å². The van der Waals surface area contributed by atoms with Crippen LogP contribution in [0.5, 0.6) is 0 Å². The summed E-state index contributed by atoms with van der Waals surface area (Å²) in [6.45, 7) is 6.88. The molecule has 18 rings (SSSR count). The number of aryl methyl sites for hydroxylation is 3. The molecule has 0 saturated heterocycles. The van der Waals surface area contributed by atoms with Crippen molar-refractivity contribution in [2.75, 3.05) is 13.2 Å². The second-order valence-electron chi connectivity index (χ2n) is 31.0. The summed E-state index contributed by atoms with van der Waals surface area (Å²) in [5.41, 5.74) is 4.43. The minimum Gasteiger partial charge on any atom is -0.462 e. The Labute approximate surface area is 607 Å². The standard InChI is InChI=1S/C29H36O4.C25H36O4.C19H17S.C18H15S/c1-17-2-24(26(30)32-28-11-18-4-19(12-28)6-20(5-18)13-28)10-25(3-17)27(31)33-29-14-21-7-22(15-29)9-23(8-21)16-29;1-19-16-22(24(26)28-14-12-20-8-4-2-5-9-20)18-23(17-19)25(27)29-15-13-21-10-6-3-7-11-21;1-16-12-14-19(15-13-16)20(17-8-4-2-5-9-17)18-10-6-3-7-11-18;1-4-10-16(11-5-1)19(17-12-6-2-7-13-17)18-14-8-3-9-15-18/h2-3,10,18-23H,4-9,11-16H2,1H3;16-18,20-21H,2-15H2,1H3;2-15H,1H3;1-15H/q;;2*+1. The quantitative estimate of drug-likeness (QED) is 0.0475. The van der Waals surface area contributed by atoms with Crippen molar-refractivity contribution < 1.29 is 38.1 Å². The molecule has 0 N–H and O–H groups in total. The number of rotatable bonds is 18. The summed E-state index contributed by atoms with van der Waals surface area (Å²) >= 11 is 0. The topological polar surface area (TPSA) is 105 Å². The molecule has 526 valence electrons. The van der Waals surface area contributed by atoms with Gasteiger partial charge in [0.25, 0.3) is 0 Å². The van der Waals surface area contributed by atoms with Crippen LogP contribution in [0.25, 0.3) is 0 Å². The van der Waals surface area contributed by atoms with E-state index in [-0.39, 0.29) is 56.9 Å². The smallest absolute Gasteiger partial charge is 0.338 e. The van der Waals surface area contributed by atoms with Gasteiger partial charge in [0.05, 0.1) is 57.3 Å². The van der Waals surface area contributed by atoms with Gasteiger partial charge >= 0.3 is 23.9 Å². The van der Waals surface area contributed by atoms with Gasteiger partial charge in [-0.15, -0.1) is 0 Å². The van der Waals surface area contributed by atoms with Crippen LogP contribution in [0.1, 0.15) is 212 Å². The Morgan fingerprint density at radius 2 is 0.574 bits per heavy atom. The van der Waals surface area contributed by atoms with Crippen LogP contribution in [0.2, 0.25) is 0 Å². The highest BCUT2D eigenvalue weighted by atomic mass is 32.2. The van der Waals surface area contributed by atoms with Crippen molar-refractivity contribution in [3.8, 4) is 0 Å². The van der Waals surface area contributed by atoms with E-state index in [4.69, 9.17) is 18.9 Å². The largest absolute Gasteiger partial charge is 0.462 e. The van der Waals surface area contributed by atoms with Gasteiger partial charge in [0, 0.05) is 0 Å². The SMILES string of the molecule is Cc1cc(C(=O)OC23CC4CC(CC(C4)C2)C3)cc(C(=O)OC23CC4CC(CC(C4)C2)C3)c1.Cc1cc(C(=O)OCCC2CCCCC2)cc(C(=O)OCCC2CCCCC2)c1.Cc1ccc([S+](c2ccccc2)c2ccccc2)cc1.c1ccc([S+](c2ccccc2)c2ccccc2)cc1. The van der Waals surface area contributed by atoms with Gasteiger partial charge in [-0.3, -0.25) is 0 Å². The summed E-state index contributed by atoms with van der Waals surface area (Å²) in [6, 6.07) is 73.2. The molecule has 8 aromatic carbocycles. The zero-order valence-corrected chi connectivity index (χ0v) is 61.4. The fraction of sp³-hybridized carbons (Fsp3) is 0.429. The molecule has 8 nitrogen and oxygen atoms in total. The van der Waals surface area contributed by atoms with Crippen molar-refractivity contribution in [2.45, 2.75) is 215 Å². The van der Waals surface area contributed by atoms with Gasteiger partial charge < -0.3 is 18.9 Å². The molecule has 10 aliphatic carbocycles. The fourth-order valence-corrected chi connectivity index (χ4v) is 23.1. The summed E-state index contributed by atoms with van der Waals surface area (Å²) < 4.78 is 23.5. The number of ether oxygens (including phenoxy) is 4. The average Bonchev–Trinajstić information content (AvgIpc) is 0.752. The van der Waals surface area contributed by atoms with E-state index in [0.717, 1.165) is 98.0 Å². The monoisotopic (exact) mass is 1390 g/mol. The Bertz CT molecular complexity index is 3660. The van der Waals surface area contributed by atoms with E-state index in [2.05, 4.69) is 183 Å². The zero-order chi connectivity index (χ0) is 69.6. The maximum absolute atomic E-state index is 13.3. The highest BCUT2D eigenvalue weighted by Crippen LogP contribution is 2.59. The molecule has 10 aliphatic rings. The molecule has 0 amide bonds. The van der Waals surface area contributed by atoms with E-state index in [1.165, 1.54) is 138 Å². The number of carbonyl (C=O) groups excluding carboxylic acids is 4. The average molecular weight is 1390 g/mol. The predicted octanol–water partition coefficient (Wildman–Crippen LogP) is 22.4. The molecule has 8 bridgehead atoms. The van der Waals surface area contributed by atoms with Crippen molar-refractivity contribution in [3.63, 3.8) is 0 Å². The lowest BCUT2D eigenvalue weighted by atomic mass is 9.54. The van der Waals surface area contributed by atoms with Gasteiger partial charge in [0.2, 0.25) is 0 Å². The lowest BCUT2D eigenvalue weighted by Crippen LogP contribution is -2.52. The third-order valence-electron chi connectivity index (χ3n) is 22.8. The lowest BCUT2D eigenvalue weighted by Gasteiger charge is -2.55. The first-order valence-electron chi connectivity index (χ1n) is 38.1. The van der Waals surface area contributed by atoms with E-state index in [1.807, 2.05) is 26.0 Å². The molecule has 0 aromatic heterocycles. The van der Waals surface area contributed by atoms with Crippen molar-refractivity contribution in [3.05, 3.63) is 251 Å². The number of benzene rings is 8. The fourth-order valence-electron chi connectivity index (χ4n) is 18.9. The highest BCUT2D eigenvalue weighted by Gasteiger charge is 2.55. The number of hydrogen-bond donors (Lipinski definition) is 0. The molecule has 0 radical (unpaired) electrons. The molecule has 10 heteroatoms. The van der Waals surface area contributed by atoms with E-state index in [0.29, 0.717) is 47.3 Å². The summed E-state index contributed by atoms with van der Waals surface area (Å²) in [5.74, 6) is 4.53. The van der Waals surface area contributed by atoms with Crippen LogP contribution in [0.3, 0.4) is 0 Å². The summed E-state index contributed by atoms with van der Waals surface area (Å²) in [4.78, 5) is 59.7.